The number of amidine groups is 1. The van der Waals surface area contributed by atoms with Gasteiger partial charge in [-0.3, -0.25) is 4.79 Å². The molecule has 0 spiro atoms. The highest BCUT2D eigenvalue weighted by molar-refractivity contribution is 8.15. The summed E-state index contributed by atoms with van der Waals surface area (Å²) in [5.74, 6) is 1.63. The van der Waals surface area contributed by atoms with Crippen LogP contribution in [0.5, 0.6) is 11.5 Å². The van der Waals surface area contributed by atoms with E-state index in [0.29, 0.717) is 22.4 Å². The first-order valence-electron chi connectivity index (χ1n) is 5.48. The van der Waals surface area contributed by atoms with Crippen LogP contribution in [-0.2, 0) is 4.79 Å². The van der Waals surface area contributed by atoms with Crippen LogP contribution in [-0.4, -0.2) is 37.3 Å². The first-order valence-corrected chi connectivity index (χ1v) is 6.47. The highest BCUT2D eigenvalue weighted by Gasteiger charge is 2.15. The lowest BCUT2D eigenvalue weighted by Gasteiger charge is -2.07. The van der Waals surface area contributed by atoms with Crippen LogP contribution in [0.1, 0.15) is 5.56 Å². The summed E-state index contributed by atoms with van der Waals surface area (Å²) in [6, 6.07) is 5.42. The highest BCUT2D eigenvalue weighted by Crippen LogP contribution is 2.26. The Morgan fingerprint density at radius 2 is 2.11 bits per heavy atom. The standard InChI is InChI=1S/C12H13N3O3S/c1-17-9-4-3-8(5-10(9)18-2)6-13-15-12-14-11(16)7-19-12/h3-6H,7H2,1-2H3,(H,14,15,16)/b13-6+. The van der Waals surface area contributed by atoms with Gasteiger partial charge in [0, 0.05) is 0 Å². The Hall–Kier alpha value is -2.02. The molecule has 7 heteroatoms. The lowest BCUT2D eigenvalue weighted by Crippen LogP contribution is -2.19. The van der Waals surface area contributed by atoms with Gasteiger partial charge in [-0.1, -0.05) is 11.8 Å². The number of nitrogens with one attached hydrogen (secondary N) is 1. The predicted molar refractivity (Wildman–Crippen MR) is 75.2 cm³/mol. The third-order valence-corrected chi connectivity index (χ3v) is 3.21. The topological polar surface area (TPSA) is 72.3 Å². The number of nitrogens with zero attached hydrogens (tertiary/aromatic N) is 2. The van der Waals surface area contributed by atoms with Crippen molar-refractivity contribution in [3.05, 3.63) is 23.8 Å². The van der Waals surface area contributed by atoms with E-state index in [0.717, 1.165) is 5.56 Å². The van der Waals surface area contributed by atoms with E-state index in [1.165, 1.54) is 11.8 Å². The van der Waals surface area contributed by atoms with Gasteiger partial charge in [-0.25, -0.2) is 0 Å². The van der Waals surface area contributed by atoms with Crippen LogP contribution in [0.3, 0.4) is 0 Å². The molecule has 1 amide bonds. The minimum absolute atomic E-state index is 0.0509. The maximum absolute atomic E-state index is 10.9. The average molecular weight is 279 g/mol. The van der Waals surface area contributed by atoms with E-state index in [-0.39, 0.29) is 5.91 Å². The van der Waals surface area contributed by atoms with Gasteiger partial charge >= 0.3 is 0 Å². The number of thioether (sulfide) groups is 1. The number of hydrogen-bond acceptors (Lipinski definition) is 6. The summed E-state index contributed by atoms with van der Waals surface area (Å²) in [6.45, 7) is 0. The molecule has 1 aromatic rings. The number of rotatable bonds is 4. The first-order chi connectivity index (χ1) is 9.22. The summed E-state index contributed by atoms with van der Waals surface area (Å²) in [5, 5.41) is 10.9. The molecular formula is C12H13N3O3S. The SMILES string of the molecule is COc1ccc(/C=N/N=C2NC(=O)CS2)cc1OC. The van der Waals surface area contributed by atoms with E-state index < -0.39 is 0 Å². The number of hydrogen-bond donors (Lipinski definition) is 1. The van der Waals surface area contributed by atoms with Crippen molar-refractivity contribution in [2.24, 2.45) is 10.2 Å². The van der Waals surface area contributed by atoms with Crippen LogP contribution >= 0.6 is 11.8 Å². The molecule has 1 aliphatic rings. The van der Waals surface area contributed by atoms with Crippen molar-refractivity contribution >= 4 is 29.1 Å². The molecule has 6 nitrogen and oxygen atoms in total. The lowest BCUT2D eigenvalue weighted by molar-refractivity contribution is -0.116. The normalized spacial score (nSPS) is 16.9. The zero-order valence-corrected chi connectivity index (χ0v) is 11.4. The molecule has 1 fully saturated rings. The van der Waals surface area contributed by atoms with Crippen molar-refractivity contribution < 1.29 is 14.3 Å². The quantitative estimate of drug-likeness (QED) is 0.665. The maximum atomic E-state index is 10.9. The molecule has 0 aliphatic carbocycles. The van der Waals surface area contributed by atoms with Crippen LogP contribution in [0.15, 0.2) is 28.4 Å². The molecule has 1 N–H and O–H groups in total. The molecule has 0 atom stereocenters. The number of ether oxygens (including phenoxy) is 2. The van der Waals surface area contributed by atoms with Gasteiger partial charge in [0.1, 0.15) is 0 Å². The zero-order chi connectivity index (χ0) is 13.7. The monoisotopic (exact) mass is 279 g/mol. The van der Waals surface area contributed by atoms with Gasteiger partial charge in [-0.2, -0.15) is 5.10 Å². The molecule has 1 heterocycles. The number of methoxy groups -OCH3 is 2. The van der Waals surface area contributed by atoms with E-state index in [1.54, 1.807) is 32.6 Å². The predicted octanol–water partition coefficient (Wildman–Crippen LogP) is 1.26. The Bertz CT molecular complexity index is 543. The number of carbonyl (C=O) groups is 1. The highest BCUT2D eigenvalue weighted by atomic mass is 32.2. The van der Waals surface area contributed by atoms with E-state index in [2.05, 4.69) is 15.5 Å². The van der Waals surface area contributed by atoms with Crippen LogP contribution in [0.2, 0.25) is 0 Å². The van der Waals surface area contributed by atoms with Crippen LogP contribution in [0.25, 0.3) is 0 Å². The minimum Gasteiger partial charge on any atom is -0.493 e. The summed E-state index contributed by atoms with van der Waals surface area (Å²) in [4.78, 5) is 10.9. The van der Waals surface area contributed by atoms with Crippen LogP contribution in [0, 0.1) is 0 Å². The van der Waals surface area contributed by atoms with E-state index >= 15 is 0 Å². The van der Waals surface area contributed by atoms with Crippen molar-refractivity contribution in [2.45, 2.75) is 0 Å². The Balaban J connectivity index is 2.08. The molecule has 0 aromatic heterocycles. The third kappa shape index (κ3) is 3.47. The fourth-order valence-electron chi connectivity index (χ4n) is 1.46. The molecule has 0 bridgehead atoms. The first kappa shape index (κ1) is 13.4. The van der Waals surface area contributed by atoms with Gasteiger partial charge in [0.25, 0.3) is 0 Å². The van der Waals surface area contributed by atoms with Crippen molar-refractivity contribution in [1.29, 1.82) is 0 Å². The fraction of sp³-hybridized carbons (Fsp3) is 0.250. The van der Waals surface area contributed by atoms with Crippen molar-refractivity contribution in [1.82, 2.24) is 5.32 Å². The van der Waals surface area contributed by atoms with Gasteiger partial charge in [-0.15, -0.1) is 5.10 Å². The molecule has 100 valence electrons. The van der Waals surface area contributed by atoms with Crippen molar-refractivity contribution in [2.75, 3.05) is 20.0 Å². The Kier molecular flexibility index (Phi) is 4.40. The molecule has 1 saturated heterocycles. The van der Waals surface area contributed by atoms with Gasteiger partial charge in [0.15, 0.2) is 16.7 Å². The van der Waals surface area contributed by atoms with Gasteiger partial charge in [0.05, 0.1) is 26.2 Å². The molecule has 19 heavy (non-hydrogen) atoms. The summed E-state index contributed by atoms with van der Waals surface area (Å²) in [7, 11) is 3.15. The summed E-state index contributed by atoms with van der Waals surface area (Å²) >= 11 is 1.33. The average Bonchev–Trinajstić information content (AvgIpc) is 2.84. The lowest BCUT2D eigenvalue weighted by atomic mass is 10.2. The second-order valence-electron chi connectivity index (χ2n) is 3.60. The summed E-state index contributed by atoms with van der Waals surface area (Å²) < 4.78 is 10.3. The Morgan fingerprint density at radius 3 is 2.74 bits per heavy atom. The fourth-order valence-corrected chi connectivity index (χ4v) is 2.09. The number of amides is 1. The molecule has 1 aromatic carbocycles. The Labute approximate surface area is 114 Å². The molecule has 0 radical (unpaired) electrons. The van der Waals surface area contributed by atoms with Gasteiger partial charge < -0.3 is 14.8 Å². The zero-order valence-electron chi connectivity index (χ0n) is 10.5. The van der Waals surface area contributed by atoms with Crippen LogP contribution < -0.4 is 14.8 Å². The minimum atomic E-state index is -0.0509. The largest absolute Gasteiger partial charge is 0.493 e. The van der Waals surface area contributed by atoms with E-state index in [1.807, 2.05) is 6.07 Å². The molecular weight excluding hydrogens is 266 g/mol. The van der Waals surface area contributed by atoms with E-state index in [4.69, 9.17) is 9.47 Å². The molecule has 2 rings (SSSR count). The molecule has 0 unspecified atom stereocenters. The smallest absolute Gasteiger partial charge is 0.236 e. The number of carbonyl (C=O) groups excluding carboxylic acids is 1. The van der Waals surface area contributed by atoms with Crippen molar-refractivity contribution in [3.8, 4) is 11.5 Å². The van der Waals surface area contributed by atoms with E-state index in [9.17, 15) is 4.79 Å². The Morgan fingerprint density at radius 1 is 1.32 bits per heavy atom. The number of benzene rings is 1. The molecule has 1 aliphatic heterocycles. The van der Waals surface area contributed by atoms with Crippen molar-refractivity contribution in [3.63, 3.8) is 0 Å². The second-order valence-corrected chi connectivity index (χ2v) is 4.57. The maximum Gasteiger partial charge on any atom is 0.236 e. The van der Waals surface area contributed by atoms with Gasteiger partial charge in [-0.05, 0) is 23.8 Å². The van der Waals surface area contributed by atoms with Crippen LogP contribution in [0.4, 0.5) is 0 Å². The summed E-state index contributed by atoms with van der Waals surface area (Å²) in [5.41, 5.74) is 0.830. The summed E-state index contributed by atoms with van der Waals surface area (Å²) in [6.07, 6.45) is 1.58. The third-order valence-electron chi connectivity index (χ3n) is 2.35. The van der Waals surface area contributed by atoms with Gasteiger partial charge in [0.2, 0.25) is 5.91 Å². The molecule has 0 saturated carbocycles. The second kappa shape index (κ2) is 6.24.